The van der Waals surface area contributed by atoms with Crippen molar-refractivity contribution in [1.82, 2.24) is 9.80 Å². The molecule has 0 aromatic rings. The smallest absolute Gasteiger partial charge is 0.224 e. The average molecular weight is 322 g/mol. The van der Waals surface area contributed by atoms with E-state index in [1.807, 2.05) is 16.8 Å². The molecule has 130 valence electrons. The number of amides is 2. The van der Waals surface area contributed by atoms with Gasteiger partial charge in [-0.2, -0.15) is 0 Å². The average Bonchev–Trinajstić information content (AvgIpc) is 3.18. The van der Waals surface area contributed by atoms with Gasteiger partial charge in [0.15, 0.2) is 0 Å². The number of hydrogen-bond acceptors (Lipinski definition) is 3. The molecule has 23 heavy (non-hydrogen) atoms. The number of rotatable bonds is 6. The lowest BCUT2D eigenvalue weighted by Crippen LogP contribution is -2.64. The van der Waals surface area contributed by atoms with E-state index in [9.17, 15) is 9.59 Å². The molecule has 2 amide bonds. The summed E-state index contributed by atoms with van der Waals surface area (Å²) in [6.45, 7) is 4.21. The summed E-state index contributed by atoms with van der Waals surface area (Å²) in [6.07, 6.45) is 8.21. The minimum absolute atomic E-state index is 0.177. The van der Waals surface area contributed by atoms with Crippen LogP contribution < -0.4 is 0 Å². The van der Waals surface area contributed by atoms with Gasteiger partial charge in [0.25, 0.3) is 0 Å². The fraction of sp³-hybridized carbons (Fsp3) is 0.889. The SMILES string of the molecule is CCOC1CC(N(C)C(=O)CCN2CCCC2=O)C12CCCC2. The van der Waals surface area contributed by atoms with Crippen LogP contribution in [0, 0.1) is 5.41 Å². The van der Waals surface area contributed by atoms with Crippen molar-refractivity contribution in [1.29, 1.82) is 0 Å². The van der Waals surface area contributed by atoms with Gasteiger partial charge in [0, 0.05) is 51.0 Å². The van der Waals surface area contributed by atoms with Crippen LogP contribution in [0.2, 0.25) is 0 Å². The van der Waals surface area contributed by atoms with Crippen LogP contribution in [0.25, 0.3) is 0 Å². The molecule has 0 aromatic carbocycles. The van der Waals surface area contributed by atoms with Crippen molar-refractivity contribution in [3.8, 4) is 0 Å². The molecular formula is C18H30N2O3. The molecule has 5 heteroatoms. The van der Waals surface area contributed by atoms with Gasteiger partial charge >= 0.3 is 0 Å². The summed E-state index contributed by atoms with van der Waals surface area (Å²) < 4.78 is 5.94. The number of ether oxygens (including phenoxy) is 1. The van der Waals surface area contributed by atoms with Gasteiger partial charge in [0.2, 0.25) is 11.8 Å². The third-order valence-electron chi connectivity index (χ3n) is 6.27. The zero-order chi connectivity index (χ0) is 16.4. The van der Waals surface area contributed by atoms with Crippen LogP contribution >= 0.6 is 0 Å². The molecule has 2 saturated carbocycles. The second kappa shape index (κ2) is 6.80. The Kier molecular flexibility index (Phi) is 4.95. The van der Waals surface area contributed by atoms with E-state index in [1.54, 1.807) is 0 Å². The van der Waals surface area contributed by atoms with Crippen molar-refractivity contribution in [2.75, 3.05) is 26.7 Å². The van der Waals surface area contributed by atoms with Gasteiger partial charge < -0.3 is 14.5 Å². The lowest BCUT2D eigenvalue weighted by atomic mass is 9.60. The van der Waals surface area contributed by atoms with E-state index in [0.717, 1.165) is 26.0 Å². The second-order valence-corrected chi connectivity index (χ2v) is 7.37. The first-order valence-corrected chi connectivity index (χ1v) is 9.23. The summed E-state index contributed by atoms with van der Waals surface area (Å²) in [5, 5.41) is 0. The lowest BCUT2D eigenvalue weighted by Gasteiger charge is -2.57. The molecule has 3 aliphatic rings. The Balaban J connectivity index is 1.55. The quantitative estimate of drug-likeness (QED) is 0.753. The predicted molar refractivity (Wildman–Crippen MR) is 87.9 cm³/mol. The third-order valence-corrected chi connectivity index (χ3v) is 6.27. The van der Waals surface area contributed by atoms with Crippen molar-refractivity contribution in [2.24, 2.45) is 5.41 Å². The van der Waals surface area contributed by atoms with Gasteiger partial charge in [-0.1, -0.05) is 12.8 Å². The Morgan fingerprint density at radius 2 is 2.09 bits per heavy atom. The maximum absolute atomic E-state index is 12.6. The molecule has 0 aromatic heterocycles. The van der Waals surface area contributed by atoms with Gasteiger partial charge in [-0.3, -0.25) is 9.59 Å². The van der Waals surface area contributed by atoms with Gasteiger partial charge in [-0.25, -0.2) is 0 Å². The van der Waals surface area contributed by atoms with Gasteiger partial charge in [0.05, 0.1) is 6.10 Å². The first-order chi connectivity index (χ1) is 11.1. The number of carbonyl (C=O) groups is 2. The van der Waals surface area contributed by atoms with Crippen LogP contribution in [0.3, 0.4) is 0 Å². The van der Waals surface area contributed by atoms with E-state index >= 15 is 0 Å². The first kappa shape index (κ1) is 16.7. The minimum atomic E-state index is 0.177. The molecule has 3 fully saturated rings. The molecule has 1 spiro atoms. The summed E-state index contributed by atoms with van der Waals surface area (Å²) in [5.74, 6) is 0.378. The number of nitrogens with zero attached hydrogens (tertiary/aromatic N) is 2. The van der Waals surface area contributed by atoms with E-state index in [-0.39, 0.29) is 17.2 Å². The van der Waals surface area contributed by atoms with Crippen molar-refractivity contribution in [2.45, 2.75) is 70.4 Å². The van der Waals surface area contributed by atoms with E-state index in [4.69, 9.17) is 4.74 Å². The summed E-state index contributed by atoms with van der Waals surface area (Å²) in [5.41, 5.74) is 0.198. The van der Waals surface area contributed by atoms with E-state index in [0.29, 0.717) is 31.5 Å². The fourth-order valence-electron chi connectivity index (χ4n) is 4.91. The Labute approximate surface area is 139 Å². The van der Waals surface area contributed by atoms with E-state index < -0.39 is 0 Å². The molecule has 5 nitrogen and oxygen atoms in total. The highest BCUT2D eigenvalue weighted by Crippen LogP contribution is 2.56. The maximum Gasteiger partial charge on any atom is 0.224 e. The Morgan fingerprint density at radius 1 is 1.35 bits per heavy atom. The Morgan fingerprint density at radius 3 is 2.70 bits per heavy atom. The predicted octanol–water partition coefficient (Wildman–Crippen LogP) is 2.20. The van der Waals surface area contributed by atoms with Gasteiger partial charge in [-0.15, -0.1) is 0 Å². The largest absolute Gasteiger partial charge is 0.378 e. The number of hydrogen-bond donors (Lipinski definition) is 0. The highest BCUT2D eigenvalue weighted by molar-refractivity contribution is 5.80. The number of likely N-dealkylation sites (tertiary alicyclic amines) is 1. The van der Waals surface area contributed by atoms with Gasteiger partial charge in [-0.05, 0) is 32.6 Å². The van der Waals surface area contributed by atoms with E-state index in [2.05, 4.69) is 6.92 Å². The molecule has 0 N–H and O–H groups in total. The van der Waals surface area contributed by atoms with Crippen molar-refractivity contribution < 1.29 is 14.3 Å². The Bertz CT molecular complexity index is 459. The van der Waals surface area contributed by atoms with Crippen LogP contribution in [0.1, 0.15) is 58.3 Å². The summed E-state index contributed by atoms with van der Waals surface area (Å²) in [4.78, 5) is 28.0. The summed E-state index contributed by atoms with van der Waals surface area (Å²) in [7, 11) is 1.95. The Hall–Kier alpha value is -1.10. The zero-order valence-electron chi connectivity index (χ0n) is 14.6. The lowest BCUT2D eigenvalue weighted by molar-refractivity contribution is -0.172. The molecule has 2 unspecified atom stereocenters. The fourth-order valence-corrected chi connectivity index (χ4v) is 4.91. The van der Waals surface area contributed by atoms with Crippen LogP contribution in [0.4, 0.5) is 0 Å². The second-order valence-electron chi connectivity index (χ2n) is 7.37. The van der Waals surface area contributed by atoms with Crippen molar-refractivity contribution in [3.63, 3.8) is 0 Å². The van der Waals surface area contributed by atoms with Crippen LogP contribution in [-0.2, 0) is 14.3 Å². The normalized spacial score (nSPS) is 29.1. The molecule has 2 atom stereocenters. The monoisotopic (exact) mass is 322 g/mol. The van der Waals surface area contributed by atoms with Crippen molar-refractivity contribution in [3.05, 3.63) is 0 Å². The topological polar surface area (TPSA) is 49.9 Å². The number of carbonyl (C=O) groups excluding carboxylic acids is 2. The van der Waals surface area contributed by atoms with Crippen LogP contribution in [0.5, 0.6) is 0 Å². The molecule has 3 rings (SSSR count). The standard InChI is InChI=1S/C18H30N2O3/c1-3-23-15-13-14(18(15)9-4-5-10-18)19(2)16(21)8-12-20-11-6-7-17(20)22/h14-15H,3-13H2,1-2H3. The first-order valence-electron chi connectivity index (χ1n) is 9.23. The van der Waals surface area contributed by atoms with Crippen LogP contribution in [-0.4, -0.2) is 60.5 Å². The van der Waals surface area contributed by atoms with Crippen LogP contribution in [0.15, 0.2) is 0 Å². The van der Waals surface area contributed by atoms with Gasteiger partial charge in [0.1, 0.15) is 0 Å². The highest BCUT2D eigenvalue weighted by Gasteiger charge is 2.58. The summed E-state index contributed by atoms with van der Waals surface area (Å²) in [6, 6.07) is 0.323. The minimum Gasteiger partial charge on any atom is -0.378 e. The molecule has 0 bridgehead atoms. The zero-order valence-corrected chi connectivity index (χ0v) is 14.6. The highest BCUT2D eigenvalue weighted by atomic mass is 16.5. The molecule has 1 saturated heterocycles. The molecule has 1 aliphatic heterocycles. The molecular weight excluding hydrogens is 292 g/mol. The third kappa shape index (κ3) is 3.00. The molecule has 1 heterocycles. The molecule has 2 aliphatic carbocycles. The van der Waals surface area contributed by atoms with Crippen molar-refractivity contribution >= 4 is 11.8 Å². The maximum atomic E-state index is 12.6. The van der Waals surface area contributed by atoms with E-state index in [1.165, 1.54) is 25.7 Å². The molecule has 0 radical (unpaired) electrons. The summed E-state index contributed by atoms with van der Waals surface area (Å²) >= 11 is 0.